The van der Waals surface area contributed by atoms with Crippen LogP contribution >= 0.6 is 21.6 Å². The monoisotopic (exact) mass is 344 g/mol. The van der Waals surface area contributed by atoms with Crippen molar-refractivity contribution in [3.63, 3.8) is 0 Å². The van der Waals surface area contributed by atoms with Crippen LogP contribution in [0.2, 0.25) is 0 Å². The number of rotatable bonds is 9. The number of carbonyl (C=O) groups excluding carboxylic acids is 1. The van der Waals surface area contributed by atoms with Crippen LogP contribution in [0.25, 0.3) is 0 Å². The van der Waals surface area contributed by atoms with Gasteiger partial charge in [0.2, 0.25) is 0 Å². The van der Waals surface area contributed by atoms with E-state index >= 15 is 0 Å². The topological polar surface area (TPSA) is 116 Å². The molecule has 0 amide bonds. The highest BCUT2D eigenvalue weighted by molar-refractivity contribution is 8.77. The second-order valence-electron chi connectivity index (χ2n) is 4.60. The maximum Gasteiger partial charge on any atom is 0.323 e. The summed E-state index contributed by atoms with van der Waals surface area (Å²) in [6, 6.07) is 7.90. The smallest absolute Gasteiger partial charge is 0.323 e. The van der Waals surface area contributed by atoms with Gasteiger partial charge in [-0.3, -0.25) is 9.59 Å². The number of ether oxygens (including phenoxy) is 1. The van der Waals surface area contributed by atoms with Crippen molar-refractivity contribution in [1.82, 2.24) is 0 Å². The fourth-order valence-corrected chi connectivity index (χ4v) is 4.42. The third kappa shape index (κ3) is 6.27. The van der Waals surface area contributed by atoms with Crippen molar-refractivity contribution in [1.29, 1.82) is 0 Å². The van der Waals surface area contributed by atoms with Gasteiger partial charge in [-0.25, -0.2) is 0 Å². The molecule has 5 N–H and O–H groups in total. The molecule has 1 rings (SSSR count). The van der Waals surface area contributed by atoms with Gasteiger partial charge in [0.15, 0.2) is 0 Å². The molecule has 0 radical (unpaired) electrons. The zero-order chi connectivity index (χ0) is 16.5. The van der Waals surface area contributed by atoms with Crippen LogP contribution in [0.4, 0.5) is 0 Å². The summed E-state index contributed by atoms with van der Waals surface area (Å²) in [6.45, 7) is 0. The molecule has 8 heteroatoms. The third-order valence-electron chi connectivity index (χ3n) is 2.91. The molecule has 6 nitrogen and oxygen atoms in total. The molecule has 0 aliphatic rings. The fraction of sp³-hybridized carbons (Fsp3) is 0.429. The van der Waals surface area contributed by atoms with Crippen molar-refractivity contribution in [2.24, 2.45) is 11.5 Å². The molecule has 0 saturated carbocycles. The van der Waals surface area contributed by atoms with Crippen LogP contribution in [0.5, 0.6) is 0 Å². The zero-order valence-electron chi connectivity index (χ0n) is 12.2. The number of hydrogen-bond acceptors (Lipinski definition) is 7. The quantitative estimate of drug-likeness (QED) is 0.447. The Morgan fingerprint density at radius 3 is 2.45 bits per heavy atom. The Hall–Kier alpha value is -1.22. The summed E-state index contributed by atoms with van der Waals surface area (Å²) in [5.41, 5.74) is 12.4. The van der Waals surface area contributed by atoms with E-state index in [4.69, 9.17) is 21.3 Å². The first kappa shape index (κ1) is 18.8. The lowest BCUT2D eigenvalue weighted by Crippen LogP contribution is -2.42. The highest BCUT2D eigenvalue weighted by Gasteiger charge is 2.27. The molecule has 0 heterocycles. The third-order valence-corrected chi connectivity index (χ3v) is 5.81. The second kappa shape index (κ2) is 9.73. The van der Waals surface area contributed by atoms with Gasteiger partial charge in [-0.15, -0.1) is 0 Å². The van der Waals surface area contributed by atoms with Crippen molar-refractivity contribution < 1.29 is 19.4 Å². The largest absolute Gasteiger partial charge is 0.480 e. The van der Waals surface area contributed by atoms with Gasteiger partial charge in [-0.05, 0) is 12.0 Å². The Balaban J connectivity index is 2.65. The molecule has 0 bridgehead atoms. The van der Waals surface area contributed by atoms with E-state index in [1.165, 1.54) is 28.7 Å². The average Bonchev–Trinajstić information content (AvgIpc) is 2.53. The molecule has 1 aromatic rings. The number of nitrogens with two attached hydrogens (primary N) is 2. The Morgan fingerprint density at radius 1 is 1.27 bits per heavy atom. The van der Waals surface area contributed by atoms with Gasteiger partial charge < -0.3 is 21.3 Å². The predicted octanol–water partition coefficient (Wildman–Crippen LogP) is 0.891. The summed E-state index contributed by atoms with van der Waals surface area (Å²) >= 11 is 0. The molecule has 0 fully saturated rings. The number of hydrogen-bond donors (Lipinski definition) is 3. The molecule has 0 spiro atoms. The number of carboxylic acids is 1. The first-order chi connectivity index (χ1) is 10.5. The maximum absolute atomic E-state index is 11.7. The van der Waals surface area contributed by atoms with E-state index < -0.39 is 24.0 Å². The zero-order valence-corrected chi connectivity index (χ0v) is 13.8. The first-order valence-electron chi connectivity index (χ1n) is 6.59. The van der Waals surface area contributed by atoms with Gasteiger partial charge in [0.25, 0.3) is 0 Å². The molecule has 122 valence electrons. The molecule has 0 aliphatic carbocycles. The van der Waals surface area contributed by atoms with E-state index in [0.717, 1.165) is 5.56 Å². The normalized spacial score (nSPS) is 14.9. The average molecular weight is 344 g/mol. The van der Waals surface area contributed by atoms with Crippen molar-refractivity contribution in [2.45, 2.75) is 23.8 Å². The van der Waals surface area contributed by atoms with E-state index in [1.54, 1.807) is 0 Å². The molecule has 1 unspecified atom stereocenters. The number of methoxy groups -OCH3 is 1. The molecule has 3 atom stereocenters. The minimum Gasteiger partial charge on any atom is -0.480 e. The minimum atomic E-state index is -1.05. The summed E-state index contributed by atoms with van der Waals surface area (Å²) < 4.78 is 4.69. The lowest BCUT2D eigenvalue weighted by Gasteiger charge is -2.21. The van der Waals surface area contributed by atoms with E-state index in [2.05, 4.69) is 0 Å². The molecule has 0 aromatic heterocycles. The molecule has 1 aromatic carbocycles. The van der Waals surface area contributed by atoms with Crippen LogP contribution < -0.4 is 11.5 Å². The Bertz CT molecular complexity index is 487. The summed E-state index contributed by atoms with van der Waals surface area (Å²) in [5, 5.41) is 8.54. The summed E-state index contributed by atoms with van der Waals surface area (Å²) in [5.74, 6) is -1.30. The molecular formula is C14H20N2O4S2. The van der Waals surface area contributed by atoms with Gasteiger partial charge in [0.1, 0.15) is 12.1 Å². The van der Waals surface area contributed by atoms with Gasteiger partial charge in [-0.1, -0.05) is 51.9 Å². The maximum atomic E-state index is 11.7. The first-order valence-corrected chi connectivity index (χ1v) is 8.98. The van der Waals surface area contributed by atoms with Crippen LogP contribution in [0.15, 0.2) is 30.3 Å². The lowest BCUT2D eigenvalue weighted by atomic mass is 10.1. The minimum absolute atomic E-state index is 0.235. The van der Waals surface area contributed by atoms with E-state index in [0.29, 0.717) is 6.42 Å². The molecule has 22 heavy (non-hydrogen) atoms. The number of carboxylic acid groups (broad SMARTS) is 1. The fourth-order valence-electron chi connectivity index (χ4n) is 1.63. The second-order valence-corrected chi connectivity index (χ2v) is 7.25. The van der Waals surface area contributed by atoms with Gasteiger partial charge >= 0.3 is 11.9 Å². The predicted molar refractivity (Wildman–Crippen MR) is 89.6 cm³/mol. The van der Waals surface area contributed by atoms with Gasteiger partial charge in [-0.2, -0.15) is 0 Å². The Kier molecular flexibility index (Phi) is 8.32. The summed E-state index contributed by atoms with van der Waals surface area (Å²) in [7, 11) is 3.95. The molecule has 0 aliphatic heterocycles. The van der Waals surface area contributed by atoms with Crippen molar-refractivity contribution in [2.75, 3.05) is 12.9 Å². The number of aliphatic carboxylic acids is 1. The summed E-state index contributed by atoms with van der Waals surface area (Å²) in [4.78, 5) is 22.4. The van der Waals surface area contributed by atoms with Gasteiger partial charge in [0, 0.05) is 11.0 Å². The Labute approximate surface area is 137 Å². The van der Waals surface area contributed by atoms with E-state index in [1.807, 2.05) is 30.3 Å². The Morgan fingerprint density at radius 2 is 1.91 bits per heavy atom. The van der Waals surface area contributed by atoms with Crippen LogP contribution in [-0.2, 0) is 20.7 Å². The standard InChI is InChI=1S/C14H20N2O4S2/c1-20-14(19)12(16)11(7-9-5-3-2-4-6-9)22-21-8-10(15)13(17)18/h2-6,10-12H,7-8,15-16H2,1H3,(H,17,18)/t10-,11?,12-/m0/s1. The number of benzene rings is 1. The highest BCUT2D eigenvalue weighted by atomic mass is 33.1. The number of carbonyl (C=O) groups is 2. The van der Waals surface area contributed by atoms with Crippen molar-refractivity contribution in [3.8, 4) is 0 Å². The van der Waals surface area contributed by atoms with Crippen molar-refractivity contribution in [3.05, 3.63) is 35.9 Å². The number of esters is 1. The van der Waals surface area contributed by atoms with Crippen LogP contribution in [-0.4, -0.2) is 47.2 Å². The summed E-state index contributed by atoms with van der Waals surface area (Å²) in [6.07, 6.45) is 0.580. The highest BCUT2D eigenvalue weighted by Crippen LogP contribution is 2.31. The van der Waals surface area contributed by atoms with Crippen LogP contribution in [0, 0.1) is 0 Å². The SMILES string of the molecule is COC(=O)[C@@H](N)C(Cc1ccccc1)SSC[C@H](N)C(=O)O. The molecular weight excluding hydrogens is 324 g/mol. The van der Waals surface area contributed by atoms with Crippen molar-refractivity contribution >= 4 is 33.5 Å². The van der Waals surface area contributed by atoms with Crippen LogP contribution in [0.1, 0.15) is 5.56 Å². The van der Waals surface area contributed by atoms with E-state index in [-0.39, 0.29) is 11.0 Å². The van der Waals surface area contributed by atoms with Crippen LogP contribution in [0.3, 0.4) is 0 Å². The van der Waals surface area contributed by atoms with E-state index in [9.17, 15) is 9.59 Å². The van der Waals surface area contributed by atoms with Gasteiger partial charge in [0.05, 0.1) is 7.11 Å². The molecule has 0 saturated heterocycles. The lowest BCUT2D eigenvalue weighted by molar-refractivity contribution is -0.142.